The lowest BCUT2D eigenvalue weighted by molar-refractivity contribution is -0.121. The van der Waals surface area contributed by atoms with Crippen LogP contribution in [0.5, 0.6) is 11.5 Å². The van der Waals surface area contributed by atoms with Gasteiger partial charge in [0.25, 0.3) is 0 Å². The number of ketones is 1. The number of anilines is 1. The van der Waals surface area contributed by atoms with Crippen LogP contribution in [-0.2, 0) is 27.9 Å². The molecule has 1 amide bonds. The SMILES string of the molecule is CCc1csc([C@H](Cc2ccc(NS(=O)(=O)O)cc2)NC(=O)CCC(=O)c2cccc(O)c2O)n1. The van der Waals surface area contributed by atoms with Crippen LogP contribution in [0.15, 0.2) is 47.8 Å². The van der Waals surface area contributed by atoms with E-state index in [1.54, 1.807) is 12.1 Å². The van der Waals surface area contributed by atoms with E-state index in [-0.39, 0.29) is 30.0 Å². The van der Waals surface area contributed by atoms with Crippen molar-refractivity contribution in [3.05, 3.63) is 69.7 Å². The summed E-state index contributed by atoms with van der Waals surface area (Å²) in [7, 11) is -4.38. The van der Waals surface area contributed by atoms with Gasteiger partial charge in [0.05, 0.1) is 23.0 Å². The van der Waals surface area contributed by atoms with Crippen molar-refractivity contribution in [2.45, 2.75) is 38.6 Å². The first-order chi connectivity index (χ1) is 16.6. The number of aryl methyl sites for hydroxylation is 1. The molecule has 3 aromatic rings. The normalized spacial score (nSPS) is 12.2. The average molecular weight is 520 g/mol. The van der Waals surface area contributed by atoms with Crippen LogP contribution in [0.3, 0.4) is 0 Å². The summed E-state index contributed by atoms with van der Waals surface area (Å²) >= 11 is 1.40. The topological polar surface area (TPSA) is 166 Å². The molecule has 186 valence electrons. The number of aromatic nitrogens is 1. The number of carbonyl (C=O) groups excluding carboxylic acids is 2. The molecule has 5 N–H and O–H groups in total. The van der Waals surface area contributed by atoms with E-state index >= 15 is 0 Å². The molecule has 0 bridgehead atoms. The maximum absolute atomic E-state index is 12.7. The van der Waals surface area contributed by atoms with E-state index in [2.05, 4.69) is 10.3 Å². The van der Waals surface area contributed by atoms with E-state index in [1.165, 1.54) is 41.7 Å². The van der Waals surface area contributed by atoms with E-state index in [9.17, 15) is 28.2 Å². The molecule has 10 nitrogen and oxygen atoms in total. The molecule has 1 aromatic heterocycles. The lowest BCUT2D eigenvalue weighted by atomic mass is 10.0. The van der Waals surface area contributed by atoms with Gasteiger partial charge in [0.2, 0.25) is 5.91 Å². The number of thiazole rings is 1. The Bertz CT molecular complexity index is 1300. The molecule has 1 atom stereocenters. The largest absolute Gasteiger partial charge is 0.504 e. The van der Waals surface area contributed by atoms with Crippen molar-refractivity contribution in [1.29, 1.82) is 0 Å². The number of rotatable bonds is 11. The summed E-state index contributed by atoms with van der Waals surface area (Å²) in [6.07, 6.45) is 0.794. The van der Waals surface area contributed by atoms with Crippen molar-refractivity contribution < 1.29 is 32.8 Å². The summed E-state index contributed by atoms with van der Waals surface area (Å²) in [4.78, 5) is 29.7. The molecular formula is C23H25N3O7S2. The highest BCUT2D eigenvalue weighted by atomic mass is 32.2. The minimum Gasteiger partial charge on any atom is -0.504 e. The van der Waals surface area contributed by atoms with Gasteiger partial charge in [-0.05, 0) is 42.7 Å². The van der Waals surface area contributed by atoms with Crippen LogP contribution in [0.4, 0.5) is 5.69 Å². The predicted molar refractivity (Wildman–Crippen MR) is 131 cm³/mol. The van der Waals surface area contributed by atoms with Crippen LogP contribution in [0.2, 0.25) is 0 Å². The summed E-state index contributed by atoms with van der Waals surface area (Å²) in [6, 6.07) is 9.88. The number of carbonyl (C=O) groups is 2. The van der Waals surface area contributed by atoms with Gasteiger partial charge in [0.15, 0.2) is 17.3 Å². The molecule has 35 heavy (non-hydrogen) atoms. The number of hydrogen-bond donors (Lipinski definition) is 5. The maximum Gasteiger partial charge on any atom is 0.357 e. The molecular weight excluding hydrogens is 494 g/mol. The number of hydrogen-bond acceptors (Lipinski definition) is 8. The highest BCUT2D eigenvalue weighted by Gasteiger charge is 2.21. The van der Waals surface area contributed by atoms with E-state index in [4.69, 9.17) is 4.55 Å². The number of phenols is 2. The number of amides is 1. The quantitative estimate of drug-likeness (QED) is 0.146. The van der Waals surface area contributed by atoms with Gasteiger partial charge in [0.1, 0.15) is 5.01 Å². The fourth-order valence-electron chi connectivity index (χ4n) is 3.32. The highest BCUT2D eigenvalue weighted by Crippen LogP contribution is 2.29. The van der Waals surface area contributed by atoms with Gasteiger partial charge < -0.3 is 15.5 Å². The number of nitrogens with zero attached hydrogens (tertiary/aromatic N) is 1. The molecule has 1 heterocycles. The molecule has 0 spiro atoms. The number of Topliss-reactive ketones (excluding diaryl/α,β-unsaturated/α-hetero) is 1. The smallest absolute Gasteiger partial charge is 0.357 e. The lowest BCUT2D eigenvalue weighted by Gasteiger charge is -2.17. The second kappa shape index (κ2) is 11.3. The third kappa shape index (κ3) is 7.50. The van der Waals surface area contributed by atoms with Crippen LogP contribution < -0.4 is 10.0 Å². The summed E-state index contributed by atoms with van der Waals surface area (Å²) in [5.74, 6) is -1.79. The first-order valence-electron chi connectivity index (χ1n) is 10.7. The maximum atomic E-state index is 12.7. The molecule has 0 saturated carbocycles. The van der Waals surface area contributed by atoms with E-state index in [1.807, 2.05) is 17.0 Å². The van der Waals surface area contributed by atoms with Crippen LogP contribution >= 0.6 is 11.3 Å². The predicted octanol–water partition coefficient (Wildman–Crippen LogP) is 3.39. The van der Waals surface area contributed by atoms with E-state index in [0.29, 0.717) is 11.4 Å². The highest BCUT2D eigenvalue weighted by molar-refractivity contribution is 7.87. The fraction of sp³-hybridized carbons (Fsp3) is 0.261. The zero-order valence-corrected chi connectivity index (χ0v) is 20.4. The van der Waals surface area contributed by atoms with Gasteiger partial charge in [0, 0.05) is 18.2 Å². The number of benzene rings is 2. The van der Waals surface area contributed by atoms with Crippen molar-refractivity contribution in [2.24, 2.45) is 0 Å². The molecule has 0 radical (unpaired) electrons. The van der Waals surface area contributed by atoms with Gasteiger partial charge >= 0.3 is 10.3 Å². The monoisotopic (exact) mass is 519 g/mol. The first-order valence-corrected chi connectivity index (χ1v) is 13.0. The average Bonchev–Trinajstić information content (AvgIpc) is 3.28. The minimum absolute atomic E-state index is 0.0551. The molecule has 0 saturated heterocycles. The van der Waals surface area contributed by atoms with Crippen LogP contribution in [0.1, 0.15) is 52.4 Å². The summed E-state index contributed by atoms with van der Waals surface area (Å²) in [5, 5.41) is 24.9. The Hall–Kier alpha value is -3.48. The Labute approximate surface area is 206 Å². The third-order valence-corrected chi connectivity index (χ3v) is 6.60. The van der Waals surface area contributed by atoms with Crippen molar-refractivity contribution in [3.63, 3.8) is 0 Å². The molecule has 0 fully saturated rings. The van der Waals surface area contributed by atoms with Gasteiger partial charge in [-0.15, -0.1) is 11.3 Å². The molecule has 2 aromatic carbocycles. The Morgan fingerprint density at radius 1 is 1.09 bits per heavy atom. The summed E-state index contributed by atoms with van der Waals surface area (Å²) in [6.45, 7) is 1.97. The molecule has 3 rings (SSSR count). The van der Waals surface area contributed by atoms with Crippen molar-refractivity contribution in [1.82, 2.24) is 10.3 Å². The van der Waals surface area contributed by atoms with Crippen molar-refractivity contribution in [2.75, 3.05) is 4.72 Å². The lowest BCUT2D eigenvalue weighted by Crippen LogP contribution is -2.30. The minimum atomic E-state index is -4.38. The third-order valence-electron chi connectivity index (χ3n) is 5.10. The van der Waals surface area contributed by atoms with Crippen LogP contribution in [0, 0.1) is 0 Å². The first kappa shape index (κ1) is 26.1. The standard InChI is InChI=1S/C23H25N3O7S2/c1-2-15-13-34-23(24-15)18(12-14-6-8-16(9-7-14)26-35(31,32)33)25-21(29)11-10-19(27)17-4-3-5-20(28)22(17)30/h3-9,13,18,26,28,30H,2,10-12H2,1H3,(H,25,29)(H,31,32,33)/t18-/m0/s1. The van der Waals surface area contributed by atoms with E-state index in [0.717, 1.165) is 17.7 Å². The number of phenolic OH excluding ortho intramolecular Hbond substituents is 2. The second-order valence-electron chi connectivity index (χ2n) is 7.73. The zero-order chi connectivity index (χ0) is 25.6. The Kier molecular flexibility index (Phi) is 8.43. The Balaban J connectivity index is 1.69. The second-order valence-corrected chi connectivity index (χ2v) is 9.77. The van der Waals surface area contributed by atoms with Crippen molar-refractivity contribution >= 4 is 39.0 Å². The zero-order valence-electron chi connectivity index (χ0n) is 18.8. The fourth-order valence-corrected chi connectivity index (χ4v) is 4.71. The van der Waals surface area contributed by atoms with E-state index < -0.39 is 33.6 Å². The van der Waals surface area contributed by atoms with Crippen LogP contribution in [-0.4, -0.2) is 39.9 Å². The van der Waals surface area contributed by atoms with Gasteiger partial charge in [-0.2, -0.15) is 8.42 Å². The van der Waals surface area contributed by atoms with Gasteiger partial charge in [-0.1, -0.05) is 25.1 Å². The number of aromatic hydroxyl groups is 2. The Morgan fingerprint density at radius 2 is 1.80 bits per heavy atom. The number of para-hydroxylation sites is 1. The van der Waals surface area contributed by atoms with Gasteiger partial charge in [-0.3, -0.25) is 18.9 Å². The summed E-state index contributed by atoms with van der Waals surface area (Å²) in [5.41, 5.74) is 1.80. The van der Waals surface area contributed by atoms with Crippen LogP contribution in [0.25, 0.3) is 0 Å². The molecule has 0 aliphatic rings. The molecule has 0 unspecified atom stereocenters. The van der Waals surface area contributed by atoms with Gasteiger partial charge in [-0.25, -0.2) is 4.98 Å². The van der Waals surface area contributed by atoms with Crippen molar-refractivity contribution in [3.8, 4) is 11.5 Å². The number of nitrogens with one attached hydrogen (secondary N) is 2. The summed E-state index contributed by atoms with van der Waals surface area (Å²) < 4.78 is 32.8. The molecule has 12 heteroatoms. The molecule has 0 aliphatic carbocycles. The Morgan fingerprint density at radius 3 is 2.43 bits per heavy atom. The molecule has 0 aliphatic heterocycles.